The normalized spacial score (nSPS) is 12.0. The van der Waals surface area contributed by atoms with Crippen molar-refractivity contribution in [3.05, 3.63) is 76.8 Å². The Morgan fingerprint density at radius 2 is 1.97 bits per heavy atom. The van der Waals surface area contributed by atoms with Crippen LogP contribution in [0.1, 0.15) is 49.0 Å². The van der Waals surface area contributed by atoms with Crippen LogP contribution >= 0.6 is 11.6 Å². The van der Waals surface area contributed by atoms with Crippen molar-refractivity contribution in [2.45, 2.75) is 33.1 Å². The van der Waals surface area contributed by atoms with E-state index >= 15 is 0 Å². The fraction of sp³-hybridized carbons (Fsp3) is 0.231. The first-order valence-electron chi connectivity index (χ1n) is 10.7. The largest absolute Gasteiger partial charge is 0.492 e. The van der Waals surface area contributed by atoms with Gasteiger partial charge in [0.2, 0.25) is 5.89 Å². The molecular weight excluding hydrogens is 424 g/mol. The van der Waals surface area contributed by atoms with Crippen LogP contribution in [0.15, 0.2) is 65.1 Å². The lowest BCUT2D eigenvalue weighted by Crippen LogP contribution is -2.12. The maximum atomic E-state index is 12.7. The molecule has 0 aliphatic heterocycles. The summed E-state index contributed by atoms with van der Waals surface area (Å²) in [5.41, 5.74) is 4.69. The van der Waals surface area contributed by atoms with Crippen molar-refractivity contribution in [1.29, 1.82) is 0 Å². The third-order valence-electron chi connectivity index (χ3n) is 5.45. The highest BCUT2D eigenvalue weighted by atomic mass is 35.5. The van der Waals surface area contributed by atoms with E-state index in [2.05, 4.69) is 36.3 Å². The second kappa shape index (κ2) is 9.45. The molecule has 4 aromatic rings. The molecule has 4 rings (SSSR count). The quantitative estimate of drug-likeness (QED) is 0.322. The SMILES string of the molecule is CCOc1ccc(C(=O)Nc2cccc(-c3nc4cc([C@H](C)CC)ccc4o3)c2)cc1Cl. The van der Waals surface area contributed by atoms with Crippen molar-refractivity contribution >= 4 is 34.3 Å². The van der Waals surface area contributed by atoms with Gasteiger partial charge in [0.15, 0.2) is 5.58 Å². The second-order valence-corrected chi connectivity index (χ2v) is 8.08. The fourth-order valence-corrected chi connectivity index (χ4v) is 3.69. The highest BCUT2D eigenvalue weighted by Gasteiger charge is 2.13. The molecule has 0 aliphatic rings. The summed E-state index contributed by atoms with van der Waals surface area (Å²) < 4.78 is 11.4. The Morgan fingerprint density at radius 3 is 2.72 bits per heavy atom. The van der Waals surface area contributed by atoms with Crippen LogP contribution in [0.5, 0.6) is 5.75 Å². The first kappa shape index (κ1) is 21.9. The molecule has 0 unspecified atom stereocenters. The Morgan fingerprint density at radius 1 is 1.12 bits per heavy atom. The minimum Gasteiger partial charge on any atom is -0.492 e. The van der Waals surface area contributed by atoms with Crippen molar-refractivity contribution in [3.8, 4) is 17.2 Å². The molecule has 5 nitrogen and oxygen atoms in total. The van der Waals surface area contributed by atoms with E-state index in [9.17, 15) is 4.79 Å². The highest BCUT2D eigenvalue weighted by Crippen LogP contribution is 2.30. The van der Waals surface area contributed by atoms with Crippen molar-refractivity contribution < 1.29 is 13.9 Å². The highest BCUT2D eigenvalue weighted by molar-refractivity contribution is 6.32. The molecule has 0 saturated carbocycles. The number of amides is 1. The summed E-state index contributed by atoms with van der Waals surface area (Å²) in [6.45, 7) is 6.76. The summed E-state index contributed by atoms with van der Waals surface area (Å²) in [5, 5.41) is 3.30. The number of ether oxygens (including phenoxy) is 1. The van der Waals surface area contributed by atoms with Crippen LogP contribution in [0.4, 0.5) is 5.69 Å². The standard InChI is InChI=1S/C26H25ClN2O3/c1-4-16(3)17-9-12-24-22(15-17)29-26(32-24)19-7-6-8-20(13-19)28-25(30)18-10-11-23(31-5-2)21(27)14-18/h6-16H,4-5H2,1-3H3,(H,28,30)/t16-/m1/s1. The molecule has 0 radical (unpaired) electrons. The Labute approximate surface area is 192 Å². The van der Waals surface area contributed by atoms with Crippen LogP contribution in [0, 0.1) is 0 Å². The zero-order valence-electron chi connectivity index (χ0n) is 18.3. The molecule has 1 heterocycles. The molecule has 0 fully saturated rings. The Kier molecular flexibility index (Phi) is 6.47. The monoisotopic (exact) mass is 448 g/mol. The number of rotatable bonds is 7. The van der Waals surface area contributed by atoms with Gasteiger partial charge in [-0.25, -0.2) is 4.98 Å². The number of hydrogen-bond acceptors (Lipinski definition) is 4. The number of carbonyl (C=O) groups excluding carboxylic acids is 1. The number of halogens is 1. The van der Waals surface area contributed by atoms with Gasteiger partial charge in [0.25, 0.3) is 5.91 Å². The van der Waals surface area contributed by atoms with E-state index in [0.29, 0.717) is 40.4 Å². The summed E-state index contributed by atoms with van der Waals surface area (Å²) in [7, 11) is 0. The van der Waals surface area contributed by atoms with Gasteiger partial charge in [0.1, 0.15) is 11.3 Å². The number of anilines is 1. The number of aromatic nitrogens is 1. The maximum absolute atomic E-state index is 12.7. The van der Waals surface area contributed by atoms with Crippen LogP contribution in [-0.2, 0) is 0 Å². The summed E-state index contributed by atoms with van der Waals surface area (Å²) in [4.78, 5) is 17.4. The van der Waals surface area contributed by atoms with E-state index in [-0.39, 0.29) is 5.91 Å². The third kappa shape index (κ3) is 4.63. The van der Waals surface area contributed by atoms with E-state index in [0.717, 1.165) is 23.1 Å². The van der Waals surface area contributed by atoms with Crippen LogP contribution in [-0.4, -0.2) is 17.5 Å². The molecule has 0 saturated heterocycles. The molecule has 1 amide bonds. The maximum Gasteiger partial charge on any atom is 0.255 e. The molecule has 1 aromatic heterocycles. The van der Waals surface area contributed by atoms with E-state index < -0.39 is 0 Å². The van der Waals surface area contributed by atoms with Crippen LogP contribution in [0.3, 0.4) is 0 Å². The van der Waals surface area contributed by atoms with Gasteiger partial charge in [-0.2, -0.15) is 0 Å². The number of benzene rings is 3. The van der Waals surface area contributed by atoms with Gasteiger partial charge >= 0.3 is 0 Å². The van der Waals surface area contributed by atoms with Gasteiger partial charge in [0.05, 0.1) is 11.6 Å². The molecule has 3 aromatic carbocycles. The lowest BCUT2D eigenvalue weighted by atomic mass is 9.98. The summed E-state index contributed by atoms with van der Waals surface area (Å²) in [6, 6.07) is 18.5. The zero-order valence-corrected chi connectivity index (χ0v) is 19.1. The lowest BCUT2D eigenvalue weighted by Gasteiger charge is -2.09. The minimum atomic E-state index is -0.261. The molecule has 0 bridgehead atoms. The molecule has 0 spiro atoms. The minimum absolute atomic E-state index is 0.261. The Balaban J connectivity index is 1.56. The molecule has 32 heavy (non-hydrogen) atoms. The first-order chi connectivity index (χ1) is 15.5. The van der Waals surface area contributed by atoms with Crippen LogP contribution in [0.2, 0.25) is 5.02 Å². The number of carbonyl (C=O) groups is 1. The lowest BCUT2D eigenvalue weighted by molar-refractivity contribution is 0.102. The molecule has 0 aliphatic carbocycles. The van der Waals surface area contributed by atoms with E-state index in [1.54, 1.807) is 18.2 Å². The van der Waals surface area contributed by atoms with Crippen molar-refractivity contribution in [3.63, 3.8) is 0 Å². The number of nitrogens with one attached hydrogen (secondary N) is 1. The van der Waals surface area contributed by atoms with Crippen molar-refractivity contribution in [2.75, 3.05) is 11.9 Å². The zero-order chi connectivity index (χ0) is 22.7. The topological polar surface area (TPSA) is 64.4 Å². The average molecular weight is 449 g/mol. The van der Waals surface area contributed by atoms with Gasteiger partial charge in [-0.15, -0.1) is 0 Å². The Hall–Kier alpha value is -3.31. The Bertz CT molecular complexity index is 1270. The predicted octanol–water partition coefficient (Wildman–Crippen LogP) is 7.31. The molecular formula is C26H25ClN2O3. The van der Waals surface area contributed by atoms with Gasteiger partial charge in [-0.3, -0.25) is 4.79 Å². The van der Waals surface area contributed by atoms with Crippen molar-refractivity contribution in [1.82, 2.24) is 4.98 Å². The van der Waals surface area contributed by atoms with Gasteiger partial charge in [0, 0.05) is 16.8 Å². The smallest absolute Gasteiger partial charge is 0.255 e. The predicted molar refractivity (Wildman–Crippen MR) is 129 cm³/mol. The number of hydrogen-bond donors (Lipinski definition) is 1. The second-order valence-electron chi connectivity index (χ2n) is 7.67. The first-order valence-corrected chi connectivity index (χ1v) is 11.1. The van der Waals surface area contributed by atoms with E-state index in [1.807, 2.05) is 37.3 Å². The molecule has 1 N–H and O–H groups in total. The molecule has 6 heteroatoms. The number of oxazole rings is 1. The van der Waals surface area contributed by atoms with Crippen LogP contribution in [0.25, 0.3) is 22.6 Å². The summed E-state index contributed by atoms with van der Waals surface area (Å²) >= 11 is 6.21. The van der Waals surface area contributed by atoms with Gasteiger partial charge in [-0.1, -0.05) is 37.6 Å². The number of fused-ring (bicyclic) bond motifs is 1. The number of nitrogens with zero attached hydrogens (tertiary/aromatic N) is 1. The third-order valence-corrected chi connectivity index (χ3v) is 5.75. The van der Waals surface area contributed by atoms with Crippen LogP contribution < -0.4 is 10.1 Å². The van der Waals surface area contributed by atoms with Gasteiger partial charge < -0.3 is 14.5 Å². The van der Waals surface area contributed by atoms with E-state index in [4.69, 9.17) is 20.8 Å². The van der Waals surface area contributed by atoms with Gasteiger partial charge in [-0.05, 0) is 73.4 Å². The molecule has 1 atom stereocenters. The summed E-state index contributed by atoms with van der Waals surface area (Å²) in [5.74, 6) is 1.28. The molecule has 164 valence electrons. The van der Waals surface area contributed by atoms with E-state index in [1.165, 1.54) is 5.56 Å². The average Bonchev–Trinajstić information content (AvgIpc) is 3.23. The fourth-order valence-electron chi connectivity index (χ4n) is 3.46. The van der Waals surface area contributed by atoms with Crippen molar-refractivity contribution in [2.24, 2.45) is 0 Å². The summed E-state index contributed by atoms with van der Waals surface area (Å²) in [6.07, 6.45) is 1.07.